The Kier molecular flexibility index (Phi) is 3.83. The molecule has 0 saturated heterocycles. The van der Waals surface area contributed by atoms with Crippen molar-refractivity contribution in [2.24, 2.45) is 5.73 Å². The summed E-state index contributed by atoms with van der Waals surface area (Å²) in [5.74, 6) is 0.948. The number of aliphatic hydroxyl groups is 1. The molecule has 6 heteroatoms. The van der Waals surface area contributed by atoms with Crippen LogP contribution < -0.4 is 11.5 Å². The Morgan fingerprint density at radius 1 is 0.960 bits per heavy atom. The molecule has 4 rings (SSSR count). The fraction of sp³-hybridized carbons (Fsp3) is 0.158. The zero-order valence-corrected chi connectivity index (χ0v) is 13.7. The van der Waals surface area contributed by atoms with Crippen LogP contribution in [0, 0.1) is 0 Å². The van der Waals surface area contributed by atoms with Gasteiger partial charge in [0.25, 0.3) is 0 Å². The number of aliphatic hydroxyl groups excluding tert-OH is 1. The van der Waals surface area contributed by atoms with Gasteiger partial charge in [-0.05, 0) is 17.2 Å². The molecule has 2 aromatic heterocycles. The highest BCUT2D eigenvalue weighted by Gasteiger charge is 2.16. The lowest BCUT2D eigenvalue weighted by atomic mass is 10.1. The quantitative estimate of drug-likeness (QED) is 0.531. The smallest absolute Gasteiger partial charge is 0.152 e. The first-order chi connectivity index (χ1) is 12.2. The Balaban J connectivity index is 1.94. The van der Waals surface area contributed by atoms with Gasteiger partial charge in [0.15, 0.2) is 5.82 Å². The summed E-state index contributed by atoms with van der Waals surface area (Å²) in [5.41, 5.74) is 16.3. The van der Waals surface area contributed by atoms with Gasteiger partial charge < -0.3 is 21.1 Å². The molecule has 0 aliphatic carbocycles. The average molecular weight is 333 g/mol. The van der Waals surface area contributed by atoms with E-state index in [4.69, 9.17) is 11.5 Å². The van der Waals surface area contributed by atoms with Crippen LogP contribution in [0.1, 0.15) is 17.0 Å². The molecule has 0 unspecified atom stereocenters. The van der Waals surface area contributed by atoms with Crippen molar-refractivity contribution in [3.63, 3.8) is 0 Å². The summed E-state index contributed by atoms with van der Waals surface area (Å²) in [5, 5.41) is 10.8. The van der Waals surface area contributed by atoms with Crippen LogP contribution in [0.25, 0.3) is 21.9 Å². The molecule has 0 aliphatic rings. The highest BCUT2D eigenvalue weighted by atomic mass is 16.3. The van der Waals surface area contributed by atoms with Gasteiger partial charge in [0.05, 0.1) is 11.0 Å². The summed E-state index contributed by atoms with van der Waals surface area (Å²) in [4.78, 5) is 8.94. The predicted octanol–water partition coefficient (Wildman–Crippen LogP) is 2.17. The van der Waals surface area contributed by atoms with Crippen LogP contribution in [0.15, 0.2) is 48.5 Å². The van der Waals surface area contributed by atoms with E-state index in [1.54, 1.807) is 0 Å². The number of benzene rings is 2. The van der Waals surface area contributed by atoms with Crippen molar-refractivity contribution in [2.45, 2.75) is 19.7 Å². The lowest BCUT2D eigenvalue weighted by Crippen LogP contribution is -2.06. The minimum Gasteiger partial charge on any atom is -0.388 e. The van der Waals surface area contributed by atoms with E-state index in [2.05, 4.69) is 9.97 Å². The van der Waals surface area contributed by atoms with E-state index in [0.29, 0.717) is 30.2 Å². The second-order valence-corrected chi connectivity index (χ2v) is 6.00. The van der Waals surface area contributed by atoms with Crippen LogP contribution >= 0.6 is 0 Å². The molecular formula is C19H19N5O. The minimum absolute atomic E-state index is 0.163. The van der Waals surface area contributed by atoms with E-state index < -0.39 is 0 Å². The maximum Gasteiger partial charge on any atom is 0.152 e. The lowest BCUT2D eigenvalue weighted by molar-refractivity contribution is 0.267. The third-order valence-corrected chi connectivity index (χ3v) is 4.43. The maximum absolute atomic E-state index is 9.78. The van der Waals surface area contributed by atoms with Gasteiger partial charge in [-0.25, -0.2) is 9.97 Å². The van der Waals surface area contributed by atoms with Gasteiger partial charge in [-0.3, -0.25) is 0 Å². The van der Waals surface area contributed by atoms with Crippen LogP contribution in [-0.2, 0) is 19.7 Å². The highest BCUT2D eigenvalue weighted by molar-refractivity contribution is 6.06. The molecule has 0 amide bonds. The first-order valence-electron chi connectivity index (χ1n) is 8.13. The second kappa shape index (κ2) is 6.16. The summed E-state index contributed by atoms with van der Waals surface area (Å²) >= 11 is 0. The van der Waals surface area contributed by atoms with Crippen LogP contribution in [0.4, 0.5) is 5.82 Å². The molecular weight excluding hydrogens is 314 g/mol. The number of nitrogens with zero attached hydrogens (tertiary/aromatic N) is 3. The van der Waals surface area contributed by atoms with E-state index in [1.165, 1.54) is 0 Å². The number of nitrogens with two attached hydrogens (primary N) is 2. The van der Waals surface area contributed by atoms with Crippen molar-refractivity contribution in [3.05, 3.63) is 65.5 Å². The van der Waals surface area contributed by atoms with Gasteiger partial charge in [-0.1, -0.05) is 42.5 Å². The van der Waals surface area contributed by atoms with Gasteiger partial charge in [0, 0.05) is 18.5 Å². The number of pyridine rings is 1. The number of rotatable bonds is 4. The summed E-state index contributed by atoms with van der Waals surface area (Å²) < 4.78 is 2.01. The van der Waals surface area contributed by atoms with E-state index in [9.17, 15) is 5.11 Å². The molecule has 25 heavy (non-hydrogen) atoms. The van der Waals surface area contributed by atoms with Gasteiger partial charge in [-0.2, -0.15) is 0 Å². The molecule has 0 radical (unpaired) electrons. The molecule has 0 spiro atoms. The molecule has 2 heterocycles. The number of fused-ring (bicyclic) bond motifs is 3. The molecule has 0 fully saturated rings. The normalized spacial score (nSPS) is 11.4. The predicted molar refractivity (Wildman–Crippen MR) is 98.8 cm³/mol. The summed E-state index contributed by atoms with van der Waals surface area (Å²) in [6.07, 6.45) is 0. The minimum atomic E-state index is -0.163. The van der Waals surface area contributed by atoms with Gasteiger partial charge in [0.2, 0.25) is 0 Å². The molecule has 0 bridgehead atoms. The Morgan fingerprint density at radius 2 is 1.68 bits per heavy atom. The molecule has 0 saturated carbocycles. The number of hydrogen-bond acceptors (Lipinski definition) is 5. The SMILES string of the molecule is NCc1ccc(Cn2c(CO)nc3c(N)nc4ccccc4c32)cc1. The number of nitrogen functional groups attached to an aromatic ring is 1. The monoisotopic (exact) mass is 333 g/mol. The molecule has 6 nitrogen and oxygen atoms in total. The Morgan fingerprint density at radius 3 is 2.40 bits per heavy atom. The number of hydrogen-bond donors (Lipinski definition) is 3. The number of imidazole rings is 1. The molecule has 126 valence electrons. The summed E-state index contributed by atoms with van der Waals surface area (Å²) in [6.45, 7) is 0.942. The van der Waals surface area contributed by atoms with Gasteiger partial charge >= 0.3 is 0 Å². The first-order valence-corrected chi connectivity index (χ1v) is 8.13. The van der Waals surface area contributed by atoms with E-state index in [1.807, 2.05) is 53.1 Å². The second-order valence-electron chi connectivity index (χ2n) is 6.00. The maximum atomic E-state index is 9.78. The largest absolute Gasteiger partial charge is 0.388 e. The van der Waals surface area contributed by atoms with Crippen molar-refractivity contribution in [2.75, 3.05) is 5.73 Å². The van der Waals surface area contributed by atoms with E-state index >= 15 is 0 Å². The van der Waals surface area contributed by atoms with Crippen molar-refractivity contribution in [3.8, 4) is 0 Å². The Bertz CT molecular complexity index is 1050. The van der Waals surface area contributed by atoms with E-state index in [-0.39, 0.29) is 6.61 Å². The van der Waals surface area contributed by atoms with Crippen LogP contribution in [0.3, 0.4) is 0 Å². The molecule has 0 aliphatic heterocycles. The van der Waals surface area contributed by atoms with Crippen LogP contribution in [-0.4, -0.2) is 19.6 Å². The molecule has 5 N–H and O–H groups in total. The van der Waals surface area contributed by atoms with Crippen molar-refractivity contribution in [1.29, 1.82) is 0 Å². The molecule has 4 aromatic rings. The summed E-state index contributed by atoms with van der Waals surface area (Å²) in [7, 11) is 0. The Labute approximate surface area is 144 Å². The highest BCUT2D eigenvalue weighted by Crippen LogP contribution is 2.29. The number of anilines is 1. The zero-order chi connectivity index (χ0) is 17.4. The third-order valence-electron chi connectivity index (χ3n) is 4.43. The standard InChI is InChI=1S/C19H19N5O/c20-9-12-5-7-13(8-6-12)10-24-16(11-25)23-17-18(24)14-3-1-2-4-15(14)22-19(17)21/h1-8,25H,9-11,20H2,(H2,21,22). The van der Waals surface area contributed by atoms with Crippen LogP contribution in [0.2, 0.25) is 0 Å². The fourth-order valence-electron chi connectivity index (χ4n) is 3.16. The average Bonchev–Trinajstić information content (AvgIpc) is 3.02. The van der Waals surface area contributed by atoms with Gasteiger partial charge in [0.1, 0.15) is 17.9 Å². The Hall–Kier alpha value is -2.96. The lowest BCUT2D eigenvalue weighted by Gasteiger charge is -2.10. The fourth-order valence-corrected chi connectivity index (χ4v) is 3.16. The number of aromatic nitrogens is 3. The topological polar surface area (TPSA) is 103 Å². The van der Waals surface area contributed by atoms with Gasteiger partial charge in [-0.15, -0.1) is 0 Å². The van der Waals surface area contributed by atoms with Crippen molar-refractivity contribution in [1.82, 2.24) is 14.5 Å². The third kappa shape index (κ3) is 2.61. The van der Waals surface area contributed by atoms with E-state index in [0.717, 1.165) is 27.5 Å². The van der Waals surface area contributed by atoms with Crippen molar-refractivity contribution < 1.29 is 5.11 Å². The van der Waals surface area contributed by atoms with Crippen LogP contribution in [0.5, 0.6) is 0 Å². The molecule has 0 atom stereocenters. The zero-order valence-electron chi connectivity index (χ0n) is 13.7. The summed E-state index contributed by atoms with van der Waals surface area (Å²) in [6, 6.07) is 15.9. The van der Waals surface area contributed by atoms with Crippen molar-refractivity contribution >= 4 is 27.8 Å². The number of para-hydroxylation sites is 1. The molecule has 2 aromatic carbocycles. The first kappa shape index (κ1) is 15.6.